The van der Waals surface area contributed by atoms with Crippen molar-refractivity contribution in [3.05, 3.63) is 41.5 Å². The summed E-state index contributed by atoms with van der Waals surface area (Å²) in [5, 5.41) is 7.51. The lowest BCUT2D eigenvalue weighted by molar-refractivity contribution is 0.296. The van der Waals surface area contributed by atoms with E-state index in [2.05, 4.69) is 46.6 Å². The first-order chi connectivity index (χ1) is 9.81. The van der Waals surface area contributed by atoms with E-state index in [0.29, 0.717) is 0 Å². The van der Waals surface area contributed by atoms with E-state index in [1.165, 1.54) is 23.3 Å². The molecule has 1 aliphatic heterocycles. The van der Waals surface area contributed by atoms with Crippen LogP contribution in [0.25, 0.3) is 0 Å². The van der Waals surface area contributed by atoms with Gasteiger partial charge in [-0.05, 0) is 38.4 Å². The Morgan fingerprint density at radius 2 is 2.35 bits per heavy atom. The maximum absolute atomic E-state index is 5.38. The molecule has 2 aromatic rings. The molecule has 0 saturated carbocycles. The van der Waals surface area contributed by atoms with Gasteiger partial charge < -0.3 is 9.84 Å². The van der Waals surface area contributed by atoms with Crippen LogP contribution in [0, 0.1) is 6.92 Å². The molecule has 5 heteroatoms. The maximum atomic E-state index is 5.38. The standard InChI is InChI=1S/C15H19N3OS/c1-11-5-4-6-12(9-11)20-10-14-17-15(19-18-14)13-7-2-3-8-16-13/h4-6,9,13,16H,2-3,7-8,10H2,1H3/t13-/m0/s1. The number of hydrogen-bond donors (Lipinski definition) is 1. The van der Waals surface area contributed by atoms with Crippen LogP contribution in [0.5, 0.6) is 0 Å². The summed E-state index contributed by atoms with van der Waals surface area (Å²) in [5.41, 5.74) is 1.27. The molecule has 0 aliphatic carbocycles. The van der Waals surface area contributed by atoms with Crippen LogP contribution in [-0.2, 0) is 5.75 Å². The van der Waals surface area contributed by atoms with Crippen LogP contribution in [-0.4, -0.2) is 16.7 Å². The molecule has 0 bridgehead atoms. The molecular formula is C15H19N3OS. The zero-order valence-electron chi connectivity index (χ0n) is 11.6. The monoisotopic (exact) mass is 289 g/mol. The third-order valence-electron chi connectivity index (χ3n) is 3.45. The van der Waals surface area contributed by atoms with E-state index in [1.54, 1.807) is 11.8 Å². The molecule has 1 N–H and O–H groups in total. The third kappa shape index (κ3) is 3.41. The van der Waals surface area contributed by atoms with E-state index in [9.17, 15) is 0 Å². The molecule has 1 aromatic heterocycles. The summed E-state index contributed by atoms with van der Waals surface area (Å²) >= 11 is 1.74. The molecule has 1 aromatic carbocycles. The maximum Gasteiger partial charge on any atom is 0.243 e. The second kappa shape index (κ2) is 6.41. The minimum Gasteiger partial charge on any atom is -0.338 e. The molecular weight excluding hydrogens is 270 g/mol. The topological polar surface area (TPSA) is 51.0 Å². The fourth-order valence-electron chi connectivity index (χ4n) is 2.38. The smallest absolute Gasteiger partial charge is 0.243 e. The summed E-state index contributed by atoms with van der Waals surface area (Å²) in [5.74, 6) is 2.27. The van der Waals surface area contributed by atoms with Gasteiger partial charge in [0.05, 0.1) is 11.8 Å². The molecule has 106 valence electrons. The minimum absolute atomic E-state index is 0.244. The van der Waals surface area contributed by atoms with E-state index in [0.717, 1.165) is 30.4 Å². The molecule has 20 heavy (non-hydrogen) atoms. The van der Waals surface area contributed by atoms with Crippen molar-refractivity contribution in [3.8, 4) is 0 Å². The van der Waals surface area contributed by atoms with Gasteiger partial charge in [-0.1, -0.05) is 29.3 Å². The number of rotatable bonds is 4. The second-order valence-corrected chi connectivity index (χ2v) is 6.21. The number of piperidine rings is 1. The van der Waals surface area contributed by atoms with Gasteiger partial charge in [-0.25, -0.2) is 0 Å². The molecule has 1 fully saturated rings. The van der Waals surface area contributed by atoms with Gasteiger partial charge >= 0.3 is 0 Å². The number of benzene rings is 1. The van der Waals surface area contributed by atoms with Crippen molar-refractivity contribution in [2.24, 2.45) is 0 Å². The van der Waals surface area contributed by atoms with Crippen LogP contribution >= 0.6 is 11.8 Å². The number of thioether (sulfide) groups is 1. The Labute approximate surface area is 123 Å². The molecule has 2 heterocycles. The third-order valence-corrected chi connectivity index (χ3v) is 4.44. The summed E-state index contributed by atoms with van der Waals surface area (Å²) in [7, 11) is 0. The van der Waals surface area contributed by atoms with E-state index in [-0.39, 0.29) is 6.04 Å². The number of nitrogens with one attached hydrogen (secondary N) is 1. The highest BCUT2D eigenvalue weighted by Crippen LogP contribution is 2.25. The second-order valence-electron chi connectivity index (χ2n) is 5.16. The number of hydrogen-bond acceptors (Lipinski definition) is 5. The molecule has 0 spiro atoms. The van der Waals surface area contributed by atoms with Gasteiger partial charge in [-0.2, -0.15) is 4.98 Å². The predicted molar refractivity (Wildman–Crippen MR) is 79.6 cm³/mol. The van der Waals surface area contributed by atoms with Crippen LogP contribution < -0.4 is 5.32 Å². The first-order valence-electron chi connectivity index (χ1n) is 7.06. The first kappa shape index (κ1) is 13.6. The zero-order valence-corrected chi connectivity index (χ0v) is 12.4. The number of aromatic nitrogens is 2. The largest absolute Gasteiger partial charge is 0.338 e. The Balaban J connectivity index is 1.59. The van der Waals surface area contributed by atoms with Gasteiger partial charge in [0.1, 0.15) is 0 Å². The van der Waals surface area contributed by atoms with Crippen molar-refractivity contribution in [2.75, 3.05) is 6.54 Å². The normalized spacial score (nSPS) is 19.1. The van der Waals surface area contributed by atoms with Gasteiger partial charge in [0.2, 0.25) is 5.89 Å². The van der Waals surface area contributed by atoms with E-state index < -0.39 is 0 Å². The number of aryl methyl sites for hydroxylation is 1. The Morgan fingerprint density at radius 1 is 1.40 bits per heavy atom. The summed E-state index contributed by atoms with van der Waals surface area (Å²) in [6, 6.07) is 8.71. The Morgan fingerprint density at radius 3 is 3.15 bits per heavy atom. The first-order valence-corrected chi connectivity index (χ1v) is 8.05. The molecule has 1 saturated heterocycles. The van der Waals surface area contributed by atoms with Gasteiger partial charge in [-0.3, -0.25) is 0 Å². The molecule has 3 rings (SSSR count). The van der Waals surface area contributed by atoms with Crippen molar-refractivity contribution in [1.29, 1.82) is 0 Å². The van der Waals surface area contributed by atoms with Crippen LogP contribution in [0.15, 0.2) is 33.7 Å². The van der Waals surface area contributed by atoms with Crippen molar-refractivity contribution >= 4 is 11.8 Å². The van der Waals surface area contributed by atoms with Crippen molar-refractivity contribution in [2.45, 2.75) is 42.9 Å². The highest BCUT2D eigenvalue weighted by molar-refractivity contribution is 7.98. The lowest BCUT2D eigenvalue weighted by atomic mass is 10.1. The molecule has 1 aliphatic rings. The van der Waals surface area contributed by atoms with Crippen LogP contribution in [0.4, 0.5) is 0 Å². The van der Waals surface area contributed by atoms with Gasteiger partial charge in [0, 0.05) is 4.90 Å². The predicted octanol–water partition coefficient (Wildman–Crippen LogP) is 3.48. The molecule has 0 unspecified atom stereocenters. The summed E-state index contributed by atoms with van der Waals surface area (Å²) in [6.45, 7) is 3.14. The summed E-state index contributed by atoms with van der Waals surface area (Å²) in [6.07, 6.45) is 3.56. The zero-order chi connectivity index (χ0) is 13.8. The average molecular weight is 289 g/mol. The summed E-state index contributed by atoms with van der Waals surface area (Å²) in [4.78, 5) is 5.75. The highest BCUT2D eigenvalue weighted by atomic mass is 32.2. The molecule has 0 radical (unpaired) electrons. The molecule has 0 amide bonds. The Kier molecular flexibility index (Phi) is 4.38. The average Bonchev–Trinajstić information content (AvgIpc) is 2.95. The SMILES string of the molecule is Cc1cccc(SCc2noc([C@@H]3CCCCN3)n2)c1. The van der Waals surface area contributed by atoms with Gasteiger partial charge in [-0.15, -0.1) is 11.8 Å². The van der Waals surface area contributed by atoms with Crippen molar-refractivity contribution in [1.82, 2.24) is 15.5 Å². The van der Waals surface area contributed by atoms with Crippen molar-refractivity contribution < 1.29 is 4.52 Å². The minimum atomic E-state index is 0.244. The quantitative estimate of drug-likeness (QED) is 0.873. The lowest BCUT2D eigenvalue weighted by Crippen LogP contribution is -2.26. The van der Waals surface area contributed by atoms with E-state index in [4.69, 9.17) is 4.52 Å². The van der Waals surface area contributed by atoms with E-state index in [1.807, 2.05) is 0 Å². The number of nitrogens with zero attached hydrogens (tertiary/aromatic N) is 2. The fourth-order valence-corrected chi connectivity index (χ4v) is 3.24. The van der Waals surface area contributed by atoms with Gasteiger partial charge in [0.25, 0.3) is 0 Å². The Bertz CT molecular complexity index is 564. The van der Waals surface area contributed by atoms with Gasteiger partial charge in [0.15, 0.2) is 5.82 Å². The highest BCUT2D eigenvalue weighted by Gasteiger charge is 2.20. The molecule has 1 atom stereocenters. The van der Waals surface area contributed by atoms with Crippen LogP contribution in [0.2, 0.25) is 0 Å². The summed E-state index contributed by atoms with van der Waals surface area (Å²) < 4.78 is 5.38. The lowest BCUT2D eigenvalue weighted by Gasteiger charge is -2.19. The molecule has 4 nitrogen and oxygen atoms in total. The van der Waals surface area contributed by atoms with Crippen molar-refractivity contribution in [3.63, 3.8) is 0 Å². The van der Waals surface area contributed by atoms with Crippen LogP contribution in [0.1, 0.15) is 42.6 Å². The van der Waals surface area contributed by atoms with E-state index >= 15 is 0 Å². The Hall–Kier alpha value is -1.33. The fraction of sp³-hybridized carbons (Fsp3) is 0.467. The van der Waals surface area contributed by atoms with Crippen LogP contribution in [0.3, 0.4) is 0 Å².